The van der Waals surface area contributed by atoms with E-state index in [1.165, 1.54) is 6.26 Å². The van der Waals surface area contributed by atoms with Crippen molar-refractivity contribution in [3.05, 3.63) is 36.6 Å². The second-order valence-electron chi connectivity index (χ2n) is 4.17. The Labute approximate surface area is 115 Å². The first-order chi connectivity index (χ1) is 9.22. The largest absolute Gasteiger partial charge is 0.502 e. The SMILES string of the molecule is C=COCCCNC(C)c1cc(OC)ccc1OC. The van der Waals surface area contributed by atoms with Crippen molar-refractivity contribution in [2.24, 2.45) is 0 Å². The predicted molar refractivity (Wildman–Crippen MR) is 76.7 cm³/mol. The van der Waals surface area contributed by atoms with Crippen LogP contribution in [0.3, 0.4) is 0 Å². The molecule has 1 N–H and O–H groups in total. The van der Waals surface area contributed by atoms with E-state index in [1.54, 1.807) is 14.2 Å². The van der Waals surface area contributed by atoms with Crippen molar-refractivity contribution in [2.75, 3.05) is 27.4 Å². The molecule has 1 atom stereocenters. The first-order valence-electron chi connectivity index (χ1n) is 6.40. The highest BCUT2D eigenvalue weighted by Gasteiger charge is 2.12. The summed E-state index contributed by atoms with van der Waals surface area (Å²) in [6.45, 7) is 7.16. The Morgan fingerprint density at radius 2 is 2.11 bits per heavy atom. The zero-order valence-electron chi connectivity index (χ0n) is 11.9. The summed E-state index contributed by atoms with van der Waals surface area (Å²) in [5, 5.41) is 3.43. The lowest BCUT2D eigenvalue weighted by molar-refractivity contribution is 0.243. The van der Waals surface area contributed by atoms with E-state index >= 15 is 0 Å². The lowest BCUT2D eigenvalue weighted by atomic mass is 10.1. The van der Waals surface area contributed by atoms with Crippen LogP contribution in [0, 0.1) is 0 Å². The third-order valence-corrected chi connectivity index (χ3v) is 2.91. The van der Waals surface area contributed by atoms with Crippen LogP contribution in [-0.2, 0) is 4.74 Å². The molecule has 1 aromatic rings. The minimum atomic E-state index is 0.189. The third kappa shape index (κ3) is 4.83. The topological polar surface area (TPSA) is 39.7 Å². The van der Waals surface area contributed by atoms with Crippen molar-refractivity contribution in [2.45, 2.75) is 19.4 Å². The van der Waals surface area contributed by atoms with Crippen molar-refractivity contribution in [1.29, 1.82) is 0 Å². The zero-order chi connectivity index (χ0) is 14.1. The highest BCUT2D eigenvalue weighted by molar-refractivity contribution is 5.42. The monoisotopic (exact) mass is 265 g/mol. The fourth-order valence-electron chi connectivity index (χ4n) is 1.85. The average Bonchev–Trinajstić information content (AvgIpc) is 2.46. The van der Waals surface area contributed by atoms with Gasteiger partial charge in [-0.25, -0.2) is 0 Å². The predicted octanol–water partition coefficient (Wildman–Crippen LogP) is 2.90. The van der Waals surface area contributed by atoms with Crippen LogP contribution in [0.4, 0.5) is 0 Å². The molecule has 0 spiro atoms. The van der Waals surface area contributed by atoms with Gasteiger partial charge in [-0.1, -0.05) is 6.58 Å². The maximum atomic E-state index is 5.38. The van der Waals surface area contributed by atoms with Gasteiger partial charge >= 0.3 is 0 Å². The first-order valence-corrected chi connectivity index (χ1v) is 6.40. The van der Waals surface area contributed by atoms with Crippen LogP contribution in [-0.4, -0.2) is 27.4 Å². The third-order valence-electron chi connectivity index (χ3n) is 2.91. The van der Waals surface area contributed by atoms with Gasteiger partial charge in [0.05, 0.1) is 27.1 Å². The maximum absolute atomic E-state index is 5.38. The van der Waals surface area contributed by atoms with Gasteiger partial charge in [0.2, 0.25) is 0 Å². The quantitative estimate of drug-likeness (QED) is 0.550. The van der Waals surface area contributed by atoms with Crippen molar-refractivity contribution in [3.63, 3.8) is 0 Å². The molecule has 0 saturated carbocycles. The molecule has 0 aromatic heterocycles. The first kappa shape index (κ1) is 15.4. The number of rotatable bonds is 9. The summed E-state index contributed by atoms with van der Waals surface area (Å²) >= 11 is 0. The Morgan fingerprint density at radius 1 is 1.32 bits per heavy atom. The van der Waals surface area contributed by atoms with E-state index in [1.807, 2.05) is 18.2 Å². The molecule has 1 unspecified atom stereocenters. The molecule has 0 aliphatic rings. The molecule has 4 nitrogen and oxygen atoms in total. The van der Waals surface area contributed by atoms with Gasteiger partial charge in [0.15, 0.2) is 0 Å². The highest BCUT2D eigenvalue weighted by Crippen LogP contribution is 2.29. The summed E-state index contributed by atoms with van der Waals surface area (Å²) in [4.78, 5) is 0. The van der Waals surface area contributed by atoms with Crippen LogP contribution < -0.4 is 14.8 Å². The molecule has 0 saturated heterocycles. The fraction of sp³-hybridized carbons (Fsp3) is 0.467. The van der Waals surface area contributed by atoms with E-state index in [-0.39, 0.29) is 6.04 Å². The van der Waals surface area contributed by atoms with E-state index in [9.17, 15) is 0 Å². The van der Waals surface area contributed by atoms with Crippen molar-refractivity contribution in [3.8, 4) is 11.5 Å². The Morgan fingerprint density at radius 3 is 2.74 bits per heavy atom. The molecule has 4 heteroatoms. The van der Waals surface area contributed by atoms with Gasteiger partial charge in [-0.3, -0.25) is 0 Å². The molecule has 0 amide bonds. The van der Waals surface area contributed by atoms with Gasteiger partial charge in [0, 0.05) is 11.6 Å². The van der Waals surface area contributed by atoms with Gasteiger partial charge in [-0.05, 0) is 38.1 Å². The van der Waals surface area contributed by atoms with Gasteiger partial charge in [0.1, 0.15) is 11.5 Å². The number of nitrogens with one attached hydrogen (secondary N) is 1. The van der Waals surface area contributed by atoms with Crippen LogP contribution in [0.25, 0.3) is 0 Å². The van der Waals surface area contributed by atoms with Crippen LogP contribution in [0.2, 0.25) is 0 Å². The van der Waals surface area contributed by atoms with Crippen molar-refractivity contribution < 1.29 is 14.2 Å². The number of hydrogen-bond acceptors (Lipinski definition) is 4. The second kappa shape index (κ2) is 8.43. The Kier molecular flexibility index (Phi) is 6.82. The highest BCUT2D eigenvalue weighted by atomic mass is 16.5. The number of hydrogen-bond donors (Lipinski definition) is 1. The number of methoxy groups -OCH3 is 2. The minimum absolute atomic E-state index is 0.189. The van der Waals surface area contributed by atoms with Crippen molar-refractivity contribution in [1.82, 2.24) is 5.32 Å². The fourth-order valence-corrected chi connectivity index (χ4v) is 1.85. The smallest absolute Gasteiger partial charge is 0.123 e. The zero-order valence-corrected chi connectivity index (χ0v) is 11.9. The molecule has 106 valence electrons. The van der Waals surface area contributed by atoms with Crippen LogP contribution in [0.5, 0.6) is 11.5 Å². The normalized spacial score (nSPS) is 11.7. The molecular weight excluding hydrogens is 242 g/mol. The Bertz CT molecular complexity index is 393. The van der Waals surface area contributed by atoms with Crippen LogP contribution >= 0.6 is 0 Å². The summed E-state index contributed by atoms with van der Waals surface area (Å²) in [5.74, 6) is 1.70. The molecule has 0 bridgehead atoms. The molecule has 0 fully saturated rings. The van der Waals surface area contributed by atoms with E-state index < -0.39 is 0 Å². The lowest BCUT2D eigenvalue weighted by Gasteiger charge is -2.18. The molecule has 19 heavy (non-hydrogen) atoms. The van der Waals surface area contributed by atoms with E-state index in [0.29, 0.717) is 6.61 Å². The standard InChI is InChI=1S/C15H23NO3/c1-5-19-10-6-9-16-12(2)14-11-13(17-3)7-8-15(14)18-4/h5,7-8,11-12,16H,1,6,9-10H2,2-4H3. The van der Waals surface area contributed by atoms with Crippen LogP contribution in [0.15, 0.2) is 31.0 Å². The second-order valence-corrected chi connectivity index (χ2v) is 4.17. The summed E-state index contributed by atoms with van der Waals surface area (Å²) in [7, 11) is 3.34. The summed E-state index contributed by atoms with van der Waals surface area (Å²) in [6.07, 6.45) is 2.40. The van der Waals surface area contributed by atoms with E-state index in [2.05, 4.69) is 18.8 Å². The number of ether oxygens (including phenoxy) is 3. The van der Waals surface area contributed by atoms with Gasteiger partial charge < -0.3 is 19.5 Å². The van der Waals surface area contributed by atoms with Crippen molar-refractivity contribution >= 4 is 0 Å². The van der Waals surface area contributed by atoms with E-state index in [4.69, 9.17) is 14.2 Å². The van der Waals surface area contributed by atoms with Gasteiger partial charge in [0.25, 0.3) is 0 Å². The number of benzene rings is 1. The van der Waals surface area contributed by atoms with E-state index in [0.717, 1.165) is 30.0 Å². The van der Waals surface area contributed by atoms with Gasteiger partial charge in [-0.15, -0.1) is 0 Å². The Hall–Kier alpha value is -1.68. The van der Waals surface area contributed by atoms with Crippen LogP contribution in [0.1, 0.15) is 24.9 Å². The molecule has 1 rings (SSSR count). The molecule has 1 aromatic carbocycles. The Balaban J connectivity index is 2.58. The molecule has 0 radical (unpaired) electrons. The molecule has 0 aliphatic carbocycles. The summed E-state index contributed by atoms with van der Waals surface area (Å²) in [6, 6.07) is 6.01. The molecule has 0 aliphatic heterocycles. The lowest BCUT2D eigenvalue weighted by Crippen LogP contribution is -2.21. The molecule has 0 heterocycles. The van der Waals surface area contributed by atoms with Gasteiger partial charge in [-0.2, -0.15) is 0 Å². The average molecular weight is 265 g/mol. The summed E-state index contributed by atoms with van der Waals surface area (Å²) < 4.78 is 15.7. The minimum Gasteiger partial charge on any atom is -0.502 e. The maximum Gasteiger partial charge on any atom is 0.123 e. The molecular formula is C15H23NO3. The summed E-state index contributed by atoms with van der Waals surface area (Å²) in [5.41, 5.74) is 1.09.